The number of hydrogen-bond acceptors (Lipinski definition) is 3. The molecule has 6 heteroatoms. The van der Waals surface area contributed by atoms with Crippen LogP contribution in [0.1, 0.15) is 15.4 Å². The van der Waals surface area contributed by atoms with Crippen LogP contribution in [-0.4, -0.2) is 17.9 Å². The fraction of sp³-hybridized carbons (Fsp3) is 0.182. The van der Waals surface area contributed by atoms with E-state index in [0.29, 0.717) is 16.1 Å². The van der Waals surface area contributed by atoms with E-state index in [1.165, 1.54) is 11.3 Å². The summed E-state index contributed by atoms with van der Waals surface area (Å²) in [5.74, 6) is 0.747. The van der Waals surface area contributed by atoms with Gasteiger partial charge in [0, 0.05) is 7.05 Å². The van der Waals surface area contributed by atoms with Crippen molar-refractivity contribution < 1.29 is 9.21 Å². The lowest BCUT2D eigenvalue weighted by atomic mass is 10.3. The van der Waals surface area contributed by atoms with Gasteiger partial charge in [-0.25, -0.2) is 0 Å². The minimum Gasteiger partial charge on any atom is -0.452 e. The van der Waals surface area contributed by atoms with E-state index >= 15 is 0 Å². The van der Waals surface area contributed by atoms with Crippen molar-refractivity contribution in [3.8, 4) is 0 Å². The molecule has 2 aromatic rings. The molecule has 0 aliphatic carbocycles. The molecular weight excluding hydrogens is 370 g/mol. The Kier molecular flexibility index (Phi) is 4.06. The fourth-order valence-corrected chi connectivity index (χ4v) is 3.08. The van der Waals surface area contributed by atoms with E-state index in [9.17, 15) is 4.79 Å². The van der Waals surface area contributed by atoms with E-state index in [0.717, 1.165) is 9.55 Å². The zero-order valence-corrected chi connectivity index (χ0v) is 12.9. The Bertz CT molecular complexity index is 535. The number of rotatable bonds is 3. The van der Waals surface area contributed by atoms with Gasteiger partial charge in [0.25, 0.3) is 5.91 Å². The molecule has 0 atom stereocenters. The molecule has 0 aliphatic rings. The van der Waals surface area contributed by atoms with Crippen LogP contribution in [0.2, 0.25) is 0 Å². The Hall–Kier alpha value is -0.590. The van der Waals surface area contributed by atoms with Crippen molar-refractivity contribution in [2.75, 3.05) is 7.05 Å². The highest BCUT2D eigenvalue weighted by Crippen LogP contribution is 2.24. The van der Waals surface area contributed by atoms with Gasteiger partial charge < -0.3 is 9.32 Å². The minimum atomic E-state index is -0.00628. The van der Waals surface area contributed by atoms with Crippen molar-refractivity contribution in [2.45, 2.75) is 6.54 Å². The van der Waals surface area contributed by atoms with Gasteiger partial charge in [-0.05, 0) is 56.1 Å². The first-order valence-corrected chi connectivity index (χ1v) is 7.21. The van der Waals surface area contributed by atoms with Crippen LogP contribution in [0, 0.1) is 0 Å². The van der Waals surface area contributed by atoms with E-state index in [-0.39, 0.29) is 5.91 Å². The molecule has 3 nitrogen and oxygen atoms in total. The molecule has 2 heterocycles. The standard InChI is InChI=1S/C11H9Br2NO2S/c1-14(6-7-2-4-9(12)16-7)11(15)8-3-5-10(13)17-8/h2-5H,6H2,1H3. The zero-order chi connectivity index (χ0) is 12.4. The van der Waals surface area contributed by atoms with Crippen molar-refractivity contribution in [3.63, 3.8) is 0 Å². The number of nitrogens with zero attached hydrogens (tertiary/aromatic N) is 1. The second-order valence-electron chi connectivity index (χ2n) is 3.47. The lowest BCUT2D eigenvalue weighted by Gasteiger charge is -2.14. The summed E-state index contributed by atoms with van der Waals surface area (Å²) in [6.07, 6.45) is 0. The first kappa shape index (κ1) is 12.9. The molecule has 0 saturated heterocycles. The van der Waals surface area contributed by atoms with Crippen molar-refractivity contribution in [1.82, 2.24) is 4.90 Å². The van der Waals surface area contributed by atoms with E-state index < -0.39 is 0 Å². The lowest BCUT2D eigenvalue weighted by molar-refractivity contribution is 0.0780. The molecule has 90 valence electrons. The largest absolute Gasteiger partial charge is 0.452 e. The number of thiophene rings is 1. The summed E-state index contributed by atoms with van der Waals surface area (Å²) in [5, 5.41) is 0. The molecule has 0 aliphatic heterocycles. The van der Waals surface area contributed by atoms with Crippen LogP contribution in [0.4, 0.5) is 0 Å². The number of hydrogen-bond donors (Lipinski definition) is 0. The summed E-state index contributed by atoms with van der Waals surface area (Å²) in [4.78, 5) is 14.4. The maximum atomic E-state index is 12.0. The summed E-state index contributed by atoms with van der Waals surface area (Å²) in [5.41, 5.74) is 0. The van der Waals surface area contributed by atoms with Gasteiger partial charge in [-0.1, -0.05) is 0 Å². The number of amides is 1. The molecule has 1 amide bonds. The topological polar surface area (TPSA) is 33.5 Å². The Labute approximate surface area is 120 Å². The highest BCUT2D eigenvalue weighted by molar-refractivity contribution is 9.11. The number of furan rings is 1. The summed E-state index contributed by atoms with van der Waals surface area (Å²) in [6.45, 7) is 0.458. The van der Waals surface area contributed by atoms with E-state index in [1.807, 2.05) is 24.3 Å². The third kappa shape index (κ3) is 3.20. The van der Waals surface area contributed by atoms with E-state index in [4.69, 9.17) is 4.42 Å². The number of halogens is 2. The molecule has 0 fully saturated rings. The van der Waals surface area contributed by atoms with E-state index in [1.54, 1.807) is 11.9 Å². The molecule has 0 spiro atoms. The second kappa shape index (κ2) is 5.37. The monoisotopic (exact) mass is 377 g/mol. The lowest BCUT2D eigenvalue weighted by Crippen LogP contribution is -2.25. The van der Waals surface area contributed by atoms with Gasteiger partial charge in [-0.3, -0.25) is 4.79 Å². The third-order valence-corrected chi connectivity index (χ3v) is 4.19. The molecule has 0 aromatic carbocycles. The molecule has 17 heavy (non-hydrogen) atoms. The molecule has 0 N–H and O–H groups in total. The van der Waals surface area contributed by atoms with Crippen LogP contribution in [-0.2, 0) is 6.54 Å². The van der Waals surface area contributed by atoms with Crippen LogP contribution in [0.3, 0.4) is 0 Å². The Morgan fingerprint density at radius 1 is 1.35 bits per heavy atom. The van der Waals surface area contributed by atoms with Gasteiger partial charge in [-0.15, -0.1) is 11.3 Å². The van der Waals surface area contributed by atoms with Crippen molar-refractivity contribution in [2.24, 2.45) is 0 Å². The summed E-state index contributed by atoms with van der Waals surface area (Å²) in [7, 11) is 1.76. The minimum absolute atomic E-state index is 0.00628. The van der Waals surface area contributed by atoms with Crippen LogP contribution in [0.15, 0.2) is 37.1 Å². The van der Waals surface area contributed by atoms with Crippen LogP contribution in [0.5, 0.6) is 0 Å². The van der Waals surface area contributed by atoms with Gasteiger partial charge in [0.2, 0.25) is 0 Å². The van der Waals surface area contributed by atoms with E-state index in [2.05, 4.69) is 31.9 Å². The van der Waals surface area contributed by atoms with Gasteiger partial charge in [0.15, 0.2) is 4.67 Å². The van der Waals surface area contributed by atoms with Gasteiger partial charge in [-0.2, -0.15) is 0 Å². The second-order valence-corrected chi connectivity index (χ2v) is 6.72. The van der Waals surface area contributed by atoms with Crippen LogP contribution >= 0.6 is 43.2 Å². The predicted octanol–water partition coefficient (Wildman–Crippen LogP) is 4.14. The molecule has 0 bridgehead atoms. The number of carbonyl (C=O) groups is 1. The molecule has 0 radical (unpaired) electrons. The first-order chi connectivity index (χ1) is 8.06. The molecule has 2 aromatic heterocycles. The Morgan fingerprint density at radius 2 is 2.12 bits per heavy atom. The summed E-state index contributed by atoms with van der Waals surface area (Å²) >= 11 is 8.00. The van der Waals surface area contributed by atoms with Crippen molar-refractivity contribution in [3.05, 3.63) is 43.4 Å². The molecular formula is C11H9Br2NO2S. The Morgan fingerprint density at radius 3 is 2.65 bits per heavy atom. The Balaban J connectivity index is 2.05. The zero-order valence-electron chi connectivity index (χ0n) is 8.94. The average molecular weight is 379 g/mol. The normalized spacial score (nSPS) is 10.5. The third-order valence-electron chi connectivity index (χ3n) is 2.15. The van der Waals surface area contributed by atoms with Gasteiger partial charge in [0.1, 0.15) is 5.76 Å². The summed E-state index contributed by atoms with van der Waals surface area (Å²) < 4.78 is 6.99. The fourth-order valence-electron chi connectivity index (χ4n) is 1.36. The molecule has 0 saturated carbocycles. The maximum absolute atomic E-state index is 12.0. The van der Waals surface area contributed by atoms with Gasteiger partial charge in [0.05, 0.1) is 15.2 Å². The van der Waals surface area contributed by atoms with Crippen LogP contribution in [0.25, 0.3) is 0 Å². The number of carbonyl (C=O) groups excluding carboxylic acids is 1. The molecule has 0 unspecified atom stereocenters. The molecule has 2 rings (SSSR count). The highest BCUT2D eigenvalue weighted by Gasteiger charge is 2.15. The smallest absolute Gasteiger partial charge is 0.264 e. The van der Waals surface area contributed by atoms with Crippen LogP contribution < -0.4 is 0 Å². The van der Waals surface area contributed by atoms with Crippen molar-refractivity contribution >= 4 is 49.1 Å². The quantitative estimate of drug-likeness (QED) is 0.804. The average Bonchev–Trinajstić information content (AvgIpc) is 2.87. The summed E-state index contributed by atoms with van der Waals surface area (Å²) in [6, 6.07) is 7.34. The predicted molar refractivity (Wildman–Crippen MR) is 74.2 cm³/mol. The first-order valence-electron chi connectivity index (χ1n) is 4.81. The van der Waals surface area contributed by atoms with Crippen molar-refractivity contribution in [1.29, 1.82) is 0 Å². The van der Waals surface area contributed by atoms with Gasteiger partial charge >= 0.3 is 0 Å². The highest BCUT2D eigenvalue weighted by atomic mass is 79.9. The maximum Gasteiger partial charge on any atom is 0.264 e. The SMILES string of the molecule is CN(Cc1ccc(Br)o1)C(=O)c1ccc(Br)s1.